The van der Waals surface area contributed by atoms with Gasteiger partial charge in [-0.15, -0.1) is 0 Å². The molecule has 164 valence electrons. The SMILES string of the molecule is CN=C(NCc1ccc(OC)cc1OC1CCCC1)NCC(C)(C)NS(C)(=O)=O. The number of sulfonamides is 1. The van der Waals surface area contributed by atoms with Gasteiger partial charge in [0.05, 0.1) is 19.5 Å². The van der Waals surface area contributed by atoms with Crippen LogP contribution in [0.25, 0.3) is 0 Å². The Labute approximate surface area is 174 Å². The molecule has 0 bridgehead atoms. The van der Waals surface area contributed by atoms with Gasteiger partial charge in [0.25, 0.3) is 0 Å². The number of ether oxygens (including phenoxy) is 2. The molecule has 29 heavy (non-hydrogen) atoms. The van der Waals surface area contributed by atoms with Crippen molar-refractivity contribution in [1.82, 2.24) is 15.4 Å². The number of hydrogen-bond donors (Lipinski definition) is 3. The minimum atomic E-state index is -3.29. The van der Waals surface area contributed by atoms with Crippen LogP contribution >= 0.6 is 0 Å². The summed E-state index contributed by atoms with van der Waals surface area (Å²) in [6, 6.07) is 5.82. The van der Waals surface area contributed by atoms with Crippen LogP contribution in [0.1, 0.15) is 45.1 Å². The van der Waals surface area contributed by atoms with Crippen LogP contribution in [0.2, 0.25) is 0 Å². The zero-order valence-corrected chi connectivity index (χ0v) is 18.9. The maximum Gasteiger partial charge on any atom is 0.209 e. The van der Waals surface area contributed by atoms with Gasteiger partial charge in [0.1, 0.15) is 11.5 Å². The average molecular weight is 427 g/mol. The smallest absolute Gasteiger partial charge is 0.209 e. The first-order valence-electron chi connectivity index (χ1n) is 9.89. The fraction of sp³-hybridized carbons (Fsp3) is 0.650. The van der Waals surface area contributed by atoms with Gasteiger partial charge in [0, 0.05) is 37.3 Å². The third-order valence-electron chi connectivity index (χ3n) is 4.70. The van der Waals surface area contributed by atoms with E-state index in [1.807, 2.05) is 32.0 Å². The van der Waals surface area contributed by atoms with Gasteiger partial charge in [0.15, 0.2) is 5.96 Å². The van der Waals surface area contributed by atoms with Crippen LogP contribution in [0.15, 0.2) is 23.2 Å². The van der Waals surface area contributed by atoms with E-state index in [1.54, 1.807) is 14.2 Å². The molecule has 1 aliphatic carbocycles. The molecule has 0 unspecified atom stereocenters. The molecule has 0 aromatic heterocycles. The maximum absolute atomic E-state index is 11.5. The largest absolute Gasteiger partial charge is 0.497 e. The van der Waals surface area contributed by atoms with Gasteiger partial charge < -0.3 is 20.1 Å². The average Bonchev–Trinajstić information content (AvgIpc) is 3.13. The Bertz CT molecular complexity index is 803. The third-order valence-corrected chi connectivity index (χ3v) is 5.62. The molecule has 0 aliphatic heterocycles. The highest BCUT2D eigenvalue weighted by Crippen LogP contribution is 2.29. The summed E-state index contributed by atoms with van der Waals surface area (Å²) in [5.41, 5.74) is 0.358. The van der Waals surface area contributed by atoms with Crippen molar-refractivity contribution in [2.75, 3.05) is 27.0 Å². The predicted molar refractivity (Wildman–Crippen MR) is 116 cm³/mol. The van der Waals surface area contributed by atoms with Gasteiger partial charge in [-0.25, -0.2) is 13.1 Å². The van der Waals surface area contributed by atoms with E-state index in [0.717, 1.165) is 36.2 Å². The number of methoxy groups -OCH3 is 1. The second-order valence-corrected chi connectivity index (χ2v) is 9.78. The number of nitrogens with one attached hydrogen (secondary N) is 3. The monoisotopic (exact) mass is 426 g/mol. The summed E-state index contributed by atoms with van der Waals surface area (Å²) >= 11 is 0. The Balaban J connectivity index is 1.99. The second-order valence-electron chi connectivity index (χ2n) is 8.04. The number of hydrogen-bond acceptors (Lipinski definition) is 5. The van der Waals surface area contributed by atoms with E-state index in [-0.39, 0.29) is 6.10 Å². The number of guanidine groups is 1. The summed E-state index contributed by atoms with van der Waals surface area (Å²) in [4.78, 5) is 4.22. The third kappa shape index (κ3) is 8.10. The summed E-state index contributed by atoms with van der Waals surface area (Å²) in [7, 11) is 0.0261. The molecule has 1 fully saturated rings. The number of rotatable bonds is 9. The standard InChI is InChI=1S/C20H34N4O4S/c1-20(2,24-29(5,25)26)14-23-19(21-3)22-13-15-10-11-17(27-4)12-18(15)28-16-8-6-7-9-16/h10-12,16,24H,6-9,13-14H2,1-5H3,(H2,21,22,23). The molecule has 1 aliphatic rings. The van der Waals surface area contributed by atoms with Crippen molar-refractivity contribution in [3.05, 3.63) is 23.8 Å². The van der Waals surface area contributed by atoms with Crippen LogP contribution in [-0.4, -0.2) is 53.0 Å². The molecular weight excluding hydrogens is 392 g/mol. The van der Waals surface area contributed by atoms with Crippen molar-refractivity contribution in [2.24, 2.45) is 4.99 Å². The Morgan fingerprint density at radius 2 is 1.93 bits per heavy atom. The summed E-state index contributed by atoms with van der Waals surface area (Å²) in [6.45, 7) is 4.52. The van der Waals surface area contributed by atoms with Gasteiger partial charge in [-0.3, -0.25) is 4.99 Å². The number of aliphatic imine (C=N–C) groups is 1. The molecule has 0 radical (unpaired) electrons. The van der Waals surface area contributed by atoms with Crippen LogP contribution in [0.4, 0.5) is 0 Å². The fourth-order valence-corrected chi connectivity index (χ4v) is 4.42. The van der Waals surface area contributed by atoms with Crippen LogP contribution in [-0.2, 0) is 16.6 Å². The van der Waals surface area contributed by atoms with E-state index >= 15 is 0 Å². The quantitative estimate of drug-likeness (QED) is 0.412. The van der Waals surface area contributed by atoms with Crippen molar-refractivity contribution in [3.8, 4) is 11.5 Å². The molecule has 0 spiro atoms. The van der Waals surface area contributed by atoms with Gasteiger partial charge in [-0.2, -0.15) is 0 Å². The molecule has 9 heteroatoms. The number of nitrogens with zero attached hydrogens (tertiary/aromatic N) is 1. The van der Waals surface area contributed by atoms with Crippen molar-refractivity contribution >= 4 is 16.0 Å². The number of benzene rings is 1. The van der Waals surface area contributed by atoms with Crippen molar-refractivity contribution in [2.45, 2.75) is 57.7 Å². The molecule has 3 N–H and O–H groups in total. The van der Waals surface area contributed by atoms with Crippen LogP contribution < -0.4 is 24.8 Å². The van der Waals surface area contributed by atoms with Crippen LogP contribution in [0.3, 0.4) is 0 Å². The predicted octanol–water partition coefficient (Wildman–Crippen LogP) is 2.01. The Morgan fingerprint density at radius 3 is 2.52 bits per heavy atom. The zero-order chi connectivity index (χ0) is 21.5. The maximum atomic E-state index is 11.5. The van der Waals surface area contributed by atoms with E-state index in [2.05, 4.69) is 20.3 Å². The van der Waals surface area contributed by atoms with Gasteiger partial charge in [-0.05, 0) is 51.7 Å². The van der Waals surface area contributed by atoms with Crippen LogP contribution in [0, 0.1) is 0 Å². The lowest BCUT2D eigenvalue weighted by Gasteiger charge is -2.26. The second kappa shape index (κ2) is 10.2. The van der Waals surface area contributed by atoms with Crippen LogP contribution in [0.5, 0.6) is 11.5 Å². The molecule has 1 aromatic carbocycles. The highest BCUT2D eigenvalue weighted by molar-refractivity contribution is 7.88. The Morgan fingerprint density at radius 1 is 1.24 bits per heavy atom. The van der Waals surface area contributed by atoms with E-state index in [4.69, 9.17) is 9.47 Å². The Hall–Kier alpha value is -2.00. The molecule has 0 saturated heterocycles. The lowest BCUT2D eigenvalue weighted by atomic mass is 10.1. The zero-order valence-electron chi connectivity index (χ0n) is 18.0. The minimum absolute atomic E-state index is 0.251. The molecule has 8 nitrogen and oxygen atoms in total. The lowest BCUT2D eigenvalue weighted by molar-refractivity contribution is 0.207. The first-order valence-corrected chi connectivity index (χ1v) is 11.8. The van der Waals surface area contributed by atoms with Gasteiger partial charge in [0.2, 0.25) is 10.0 Å². The molecule has 0 heterocycles. The summed E-state index contributed by atoms with van der Waals surface area (Å²) < 4.78 is 37.2. The lowest BCUT2D eigenvalue weighted by Crippen LogP contribution is -2.52. The highest BCUT2D eigenvalue weighted by Gasteiger charge is 2.22. The highest BCUT2D eigenvalue weighted by atomic mass is 32.2. The topological polar surface area (TPSA) is 101 Å². The first kappa shape index (κ1) is 23.3. The van der Waals surface area contributed by atoms with Gasteiger partial charge >= 0.3 is 0 Å². The van der Waals surface area contributed by atoms with Crippen molar-refractivity contribution in [3.63, 3.8) is 0 Å². The van der Waals surface area contributed by atoms with E-state index in [0.29, 0.717) is 19.0 Å². The molecule has 1 aromatic rings. The first-order chi connectivity index (χ1) is 13.6. The summed E-state index contributed by atoms with van der Waals surface area (Å²) in [5, 5.41) is 6.43. The van der Waals surface area contributed by atoms with Gasteiger partial charge in [-0.1, -0.05) is 0 Å². The molecule has 2 rings (SSSR count). The minimum Gasteiger partial charge on any atom is -0.497 e. The van der Waals surface area contributed by atoms with Crippen molar-refractivity contribution < 1.29 is 17.9 Å². The normalized spacial score (nSPS) is 16.0. The molecule has 0 atom stereocenters. The Kier molecular flexibility index (Phi) is 8.15. The fourth-order valence-electron chi connectivity index (χ4n) is 3.35. The van der Waals surface area contributed by atoms with E-state index in [1.165, 1.54) is 12.8 Å². The summed E-state index contributed by atoms with van der Waals surface area (Å²) in [5.74, 6) is 2.16. The molecule has 1 saturated carbocycles. The molecular formula is C20H34N4O4S. The van der Waals surface area contributed by atoms with Crippen molar-refractivity contribution in [1.29, 1.82) is 0 Å². The van der Waals surface area contributed by atoms with E-state index < -0.39 is 15.6 Å². The van der Waals surface area contributed by atoms with E-state index in [9.17, 15) is 8.42 Å². The molecule has 0 amide bonds. The summed E-state index contributed by atoms with van der Waals surface area (Å²) in [6.07, 6.45) is 5.97.